The molecule has 0 aliphatic carbocycles. The fraction of sp³-hybridized carbons (Fsp3) is 0.603. The topological polar surface area (TPSA) is 78.9 Å². The standard InChI is InChI=1S/C68H108O6/c1-4-7-10-13-16-19-22-25-28-30-32-33-34-35-36-38-40-43-46-49-52-55-58-61-67(70)73-64-65(63-72-66(69)60-57-54-51-48-45-42-39-27-24-21-18-15-12-9-6-3)74-68(71)62-59-56-53-50-47-44-41-37-31-29-26-23-20-17-14-11-8-5-2/h7,9-10,12,16,18-21,23,25,27-29,31-33,35-36,39-40,43,45,48,65H,4-6,8,11,13-15,17,22,24,26,30,34,37-38,41-42,44,46-47,49-64H2,1-3H3/b10-7-,12-9-,19-16-,21-18-,23-20-,28-25-,31-29-,33-32-,36-35-,39-27-,43-40-,48-45-. The van der Waals surface area contributed by atoms with Crippen molar-refractivity contribution in [2.24, 2.45) is 0 Å². The highest BCUT2D eigenvalue weighted by Gasteiger charge is 2.19. The molecule has 0 aromatic heterocycles. The minimum atomic E-state index is -0.818. The first-order chi connectivity index (χ1) is 36.5. The van der Waals surface area contributed by atoms with Crippen molar-refractivity contribution < 1.29 is 28.6 Å². The third-order valence-electron chi connectivity index (χ3n) is 12.1. The van der Waals surface area contributed by atoms with Crippen molar-refractivity contribution in [1.82, 2.24) is 0 Å². The molecule has 1 unspecified atom stereocenters. The van der Waals surface area contributed by atoms with Crippen molar-refractivity contribution in [1.29, 1.82) is 0 Å². The summed E-state index contributed by atoms with van der Waals surface area (Å²) in [4.78, 5) is 38.2. The van der Waals surface area contributed by atoms with Crippen molar-refractivity contribution in [2.75, 3.05) is 13.2 Å². The summed E-state index contributed by atoms with van der Waals surface area (Å²) < 4.78 is 16.8. The Morgan fingerprint density at radius 1 is 0.284 bits per heavy atom. The van der Waals surface area contributed by atoms with E-state index in [9.17, 15) is 14.4 Å². The van der Waals surface area contributed by atoms with E-state index in [0.717, 1.165) is 141 Å². The highest BCUT2D eigenvalue weighted by molar-refractivity contribution is 5.71. The number of esters is 3. The highest BCUT2D eigenvalue weighted by atomic mass is 16.6. The van der Waals surface area contributed by atoms with E-state index in [4.69, 9.17) is 14.2 Å². The second-order valence-electron chi connectivity index (χ2n) is 19.1. The summed E-state index contributed by atoms with van der Waals surface area (Å²) in [6, 6.07) is 0. The SMILES string of the molecule is CC/C=C\C/C=C\C/C=C\C/C=C\C/C=C\C/C=C\CCCCCCC(=O)OCC(COC(=O)CCCC/C=C\C/C=C\C/C=C\C/C=C\CC)OC(=O)CCCCCCCCC/C=C\C/C=C\CCCCCC. The zero-order valence-electron chi connectivity index (χ0n) is 47.5. The molecule has 0 amide bonds. The van der Waals surface area contributed by atoms with Gasteiger partial charge in [-0.05, 0) is 141 Å². The zero-order chi connectivity index (χ0) is 53.6. The molecule has 6 heteroatoms. The number of carbonyl (C=O) groups excluding carboxylic acids is 3. The van der Waals surface area contributed by atoms with E-state index in [1.54, 1.807) is 0 Å². The molecule has 0 aliphatic heterocycles. The van der Waals surface area contributed by atoms with Crippen LogP contribution in [0, 0.1) is 0 Å². The Balaban J connectivity index is 4.52. The predicted octanol–water partition coefficient (Wildman–Crippen LogP) is 20.4. The molecule has 0 aliphatic rings. The molecule has 0 bridgehead atoms. The number of rotatable bonds is 52. The summed E-state index contributed by atoms with van der Waals surface area (Å²) in [5.74, 6) is -0.991. The third kappa shape index (κ3) is 58.2. The minimum absolute atomic E-state index is 0.114. The van der Waals surface area contributed by atoms with Gasteiger partial charge >= 0.3 is 17.9 Å². The van der Waals surface area contributed by atoms with Gasteiger partial charge < -0.3 is 14.2 Å². The second-order valence-corrected chi connectivity index (χ2v) is 19.1. The molecule has 0 rings (SSSR count). The van der Waals surface area contributed by atoms with Gasteiger partial charge in [-0.2, -0.15) is 0 Å². The summed E-state index contributed by atoms with van der Waals surface area (Å²) in [6.07, 6.45) is 86.9. The van der Waals surface area contributed by atoms with Crippen LogP contribution in [-0.4, -0.2) is 37.2 Å². The number of allylic oxidation sites excluding steroid dienone is 24. The molecular formula is C68H108O6. The molecule has 0 radical (unpaired) electrons. The first-order valence-corrected chi connectivity index (χ1v) is 29.8. The lowest BCUT2D eigenvalue weighted by atomic mass is 10.1. The molecule has 416 valence electrons. The normalized spacial score (nSPS) is 13.2. The number of carbonyl (C=O) groups is 3. The van der Waals surface area contributed by atoms with Gasteiger partial charge in [0.15, 0.2) is 6.10 Å². The minimum Gasteiger partial charge on any atom is -0.462 e. The molecule has 0 saturated carbocycles. The van der Waals surface area contributed by atoms with E-state index < -0.39 is 6.10 Å². The number of ether oxygens (including phenoxy) is 3. The van der Waals surface area contributed by atoms with Gasteiger partial charge in [-0.15, -0.1) is 0 Å². The van der Waals surface area contributed by atoms with Gasteiger partial charge in [0.05, 0.1) is 0 Å². The van der Waals surface area contributed by atoms with Crippen LogP contribution in [0.15, 0.2) is 146 Å². The van der Waals surface area contributed by atoms with Gasteiger partial charge in [0, 0.05) is 19.3 Å². The van der Waals surface area contributed by atoms with Crippen molar-refractivity contribution >= 4 is 17.9 Å². The summed E-state index contributed by atoms with van der Waals surface area (Å²) in [7, 11) is 0. The maximum absolute atomic E-state index is 12.9. The smallest absolute Gasteiger partial charge is 0.306 e. The van der Waals surface area contributed by atoms with Gasteiger partial charge in [0.2, 0.25) is 0 Å². The van der Waals surface area contributed by atoms with E-state index in [1.165, 1.54) is 57.8 Å². The van der Waals surface area contributed by atoms with Crippen LogP contribution in [0.1, 0.15) is 245 Å². The lowest BCUT2D eigenvalue weighted by Gasteiger charge is -2.18. The monoisotopic (exact) mass is 1020 g/mol. The predicted molar refractivity (Wildman–Crippen MR) is 320 cm³/mol. The summed E-state index contributed by atoms with van der Waals surface area (Å²) in [5.41, 5.74) is 0. The van der Waals surface area contributed by atoms with Crippen LogP contribution in [0.4, 0.5) is 0 Å². The molecule has 74 heavy (non-hydrogen) atoms. The Bertz CT molecular complexity index is 1640. The molecule has 0 N–H and O–H groups in total. The van der Waals surface area contributed by atoms with Crippen LogP contribution in [0.3, 0.4) is 0 Å². The van der Waals surface area contributed by atoms with E-state index in [2.05, 4.69) is 167 Å². The highest BCUT2D eigenvalue weighted by Crippen LogP contribution is 2.13. The molecule has 6 nitrogen and oxygen atoms in total. The first-order valence-electron chi connectivity index (χ1n) is 29.8. The Hall–Kier alpha value is -4.71. The molecule has 0 fully saturated rings. The third-order valence-corrected chi connectivity index (χ3v) is 12.1. The fourth-order valence-corrected chi connectivity index (χ4v) is 7.64. The lowest BCUT2D eigenvalue weighted by Crippen LogP contribution is -2.30. The maximum atomic E-state index is 12.9. The number of unbranched alkanes of at least 4 members (excludes halogenated alkanes) is 17. The Kier molecular flexibility index (Phi) is 57.0. The molecule has 1 atom stereocenters. The van der Waals surface area contributed by atoms with E-state index in [1.807, 2.05) is 0 Å². The van der Waals surface area contributed by atoms with Crippen molar-refractivity contribution in [3.8, 4) is 0 Å². The summed E-state index contributed by atoms with van der Waals surface area (Å²) >= 11 is 0. The first kappa shape index (κ1) is 69.3. The second kappa shape index (κ2) is 60.8. The number of hydrogen-bond donors (Lipinski definition) is 0. The molecular weight excluding hydrogens is 913 g/mol. The molecule has 0 heterocycles. The van der Waals surface area contributed by atoms with E-state index in [0.29, 0.717) is 25.7 Å². The van der Waals surface area contributed by atoms with Crippen LogP contribution in [0.2, 0.25) is 0 Å². The Labute approximate surface area is 455 Å². The fourth-order valence-electron chi connectivity index (χ4n) is 7.64. The molecule has 0 aromatic rings. The summed E-state index contributed by atoms with van der Waals surface area (Å²) in [5, 5.41) is 0. The summed E-state index contributed by atoms with van der Waals surface area (Å²) in [6.45, 7) is 6.32. The van der Waals surface area contributed by atoms with Gasteiger partial charge in [-0.1, -0.05) is 231 Å². The van der Waals surface area contributed by atoms with Gasteiger partial charge in [-0.25, -0.2) is 0 Å². The molecule has 0 spiro atoms. The van der Waals surface area contributed by atoms with Crippen LogP contribution in [0.25, 0.3) is 0 Å². The van der Waals surface area contributed by atoms with Gasteiger partial charge in [-0.3, -0.25) is 14.4 Å². The van der Waals surface area contributed by atoms with Crippen molar-refractivity contribution in [3.63, 3.8) is 0 Å². The van der Waals surface area contributed by atoms with Crippen LogP contribution in [-0.2, 0) is 28.6 Å². The van der Waals surface area contributed by atoms with Gasteiger partial charge in [0.25, 0.3) is 0 Å². The Morgan fingerprint density at radius 3 is 0.851 bits per heavy atom. The quantitative estimate of drug-likeness (QED) is 0.0261. The largest absolute Gasteiger partial charge is 0.462 e. The number of hydrogen-bond acceptors (Lipinski definition) is 6. The van der Waals surface area contributed by atoms with Crippen molar-refractivity contribution in [2.45, 2.75) is 252 Å². The van der Waals surface area contributed by atoms with Crippen LogP contribution >= 0.6 is 0 Å². The molecule has 0 saturated heterocycles. The maximum Gasteiger partial charge on any atom is 0.306 e. The van der Waals surface area contributed by atoms with E-state index in [-0.39, 0.29) is 31.1 Å². The Morgan fingerprint density at radius 2 is 0.527 bits per heavy atom. The lowest BCUT2D eigenvalue weighted by molar-refractivity contribution is -0.167. The zero-order valence-corrected chi connectivity index (χ0v) is 47.5. The average Bonchev–Trinajstić information content (AvgIpc) is 3.40. The van der Waals surface area contributed by atoms with Crippen molar-refractivity contribution in [3.05, 3.63) is 146 Å². The van der Waals surface area contributed by atoms with Gasteiger partial charge in [0.1, 0.15) is 13.2 Å². The molecule has 0 aromatic carbocycles. The van der Waals surface area contributed by atoms with Crippen LogP contribution < -0.4 is 0 Å². The average molecular weight is 1020 g/mol. The van der Waals surface area contributed by atoms with E-state index >= 15 is 0 Å². The van der Waals surface area contributed by atoms with Crippen LogP contribution in [0.5, 0.6) is 0 Å².